The van der Waals surface area contributed by atoms with Gasteiger partial charge in [0, 0.05) is 38.4 Å². The molecule has 2 heterocycles. The lowest BCUT2D eigenvalue weighted by molar-refractivity contribution is -0.131. The Kier molecular flexibility index (Phi) is 4.18. The van der Waals surface area contributed by atoms with E-state index >= 15 is 0 Å². The SMILES string of the molecule is CCOC1CCCN(C(=O)C(C)=C2CNC2)C1. The van der Waals surface area contributed by atoms with E-state index in [0.717, 1.165) is 51.2 Å². The van der Waals surface area contributed by atoms with Gasteiger partial charge in [-0.05, 0) is 32.3 Å². The summed E-state index contributed by atoms with van der Waals surface area (Å²) in [6.45, 7) is 8.07. The number of hydrogen-bond donors (Lipinski definition) is 1. The van der Waals surface area contributed by atoms with Crippen molar-refractivity contribution in [1.82, 2.24) is 10.2 Å². The summed E-state index contributed by atoms with van der Waals surface area (Å²) >= 11 is 0. The second-order valence-corrected chi connectivity index (χ2v) is 4.80. The lowest BCUT2D eigenvalue weighted by atomic mass is 10.0. The quantitative estimate of drug-likeness (QED) is 0.744. The first-order valence-electron chi connectivity index (χ1n) is 6.52. The van der Waals surface area contributed by atoms with Crippen molar-refractivity contribution in [3.8, 4) is 0 Å². The van der Waals surface area contributed by atoms with Crippen molar-refractivity contribution in [2.75, 3.05) is 32.8 Å². The first kappa shape index (κ1) is 12.6. The second kappa shape index (κ2) is 5.65. The molecule has 4 nitrogen and oxygen atoms in total. The molecule has 0 aromatic carbocycles. The Hall–Kier alpha value is -0.870. The minimum absolute atomic E-state index is 0.200. The first-order valence-corrected chi connectivity index (χ1v) is 6.52. The van der Waals surface area contributed by atoms with Gasteiger partial charge in [-0.2, -0.15) is 0 Å². The van der Waals surface area contributed by atoms with Crippen molar-refractivity contribution < 1.29 is 9.53 Å². The summed E-state index contributed by atoms with van der Waals surface area (Å²) in [5, 5.41) is 3.18. The molecule has 4 heteroatoms. The molecule has 1 unspecified atom stereocenters. The molecule has 2 saturated heterocycles. The van der Waals surface area contributed by atoms with Gasteiger partial charge in [0.05, 0.1) is 6.10 Å². The number of piperidine rings is 1. The average Bonchev–Trinajstić information content (AvgIpc) is 2.26. The van der Waals surface area contributed by atoms with Crippen LogP contribution in [0.25, 0.3) is 0 Å². The van der Waals surface area contributed by atoms with Gasteiger partial charge in [0.15, 0.2) is 0 Å². The second-order valence-electron chi connectivity index (χ2n) is 4.80. The highest BCUT2D eigenvalue weighted by Crippen LogP contribution is 2.18. The molecule has 0 bridgehead atoms. The standard InChI is InChI=1S/C13H22N2O2/c1-3-17-12-5-4-6-15(9-12)13(16)10(2)11-7-14-8-11/h12,14H,3-9H2,1-2H3. The smallest absolute Gasteiger partial charge is 0.249 e. The van der Waals surface area contributed by atoms with Crippen LogP contribution in [0.3, 0.4) is 0 Å². The maximum absolute atomic E-state index is 12.3. The lowest BCUT2D eigenvalue weighted by Crippen LogP contribution is -2.45. The molecule has 0 spiro atoms. The molecule has 1 amide bonds. The van der Waals surface area contributed by atoms with Crippen molar-refractivity contribution in [2.45, 2.75) is 32.8 Å². The fourth-order valence-corrected chi connectivity index (χ4v) is 2.40. The summed E-state index contributed by atoms with van der Waals surface area (Å²) in [5.74, 6) is 0.200. The predicted molar refractivity (Wildman–Crippen MR) is 66.8 cm³/mol. The molecule has 2 rings (SSSR count). The molecule has 2 aliphatic heterocycles. The highest BCUT2D eigenvalue weighted by atomic mass is 16.5. The number of rotatable bonds is 3. The number of amides is 1. The summed E-state index contributed by atoms with van der Waals surface area (Å²) in [7, 11) is 0. The third-order valence-corrected chi connectivity index (χ3v) is 3.60. The fraction of sp³-hybridized carbons (Fsp3) is 0.769. The molecule has 17 heavy (non-hydrogen) atoms. The monoisotopic (exact) mass is 238 g/mol. The minimum Gasteiger partial charge on any atom is -0.377 e. The Morgan fingerprint density at radius 1 is 1.53 bits per heavy atom. The molecule has 2 fully saturated rings. The van der Waals surface area contributed by atoms with E-state index in [0.29, 0.717) is 0 Å². The van der Waals surface area contributed by atoms with Gasteiger partial charge in [-0.15, -0.1) is 0 Å². The Morgan fingerprint density at radius 2 is 2.29 bits per heavy atom. The molecule has 0 saturated carbocycles. The Morgan fingerprint density at radius 3 is 2.88 bits per heavy atom. The highest BCUT2D eigenvalue weighted by molar-refractivity contribution is 5.94. The number of ether oxygens (including phenoxy) is 1. The maximum Gasteiger partial charge on any atom is 0.249 e. The van der Waals surface area contributed by atoms with Crippen LogP contribution in [-0.4, -0.2) is 49.7 Å². The molecule has 2 aliphatic rings. The van der Waals surface area contributed by atoms with Gasteiger partial charge in [-0.3, -0.25) is 4.79 Å². The number of carbonyl (C=O) groups is 1. The third-order valence-electron chi connectivity index (χ3n) is 3.60. The van der Waals surface area contributed by atoms with E-state index in [1.165, 1.54) is 5.57 Å². The van der Waals surface area contributed by atoms with E-state index in [1.807, 2.05) is 18.7 Å². The molecule has 0 radical (unpaired) electrons. The topological polar surface area (TPSA) is 41.6 Å². The molecule has 1 atom stereocenters. The van der Waals surface area contributed by atoms with Crippen LogP contribution in [0.5, 0.6) is 0 Å². The van der Waals surface area contributed by atoms with Gasteiger partial charge in [-0.1, -0.05) is 0 Å². The summed E-state index contributed by atoms with van der Waals surface area (Å²) in [6, 6.07) is 0. The number of nitrogens with one attached hydrogen (secondary N) is 1. The highest BCUT2D eigenvalue weighted by Gasteiger charge is 2.26. The zero-order valence-corrected chi connectivity index (χ0v) is 10.8. The Balaban J connectivity index is 1.94. The number of nitrogens with zero attached hydrogens (tertiary/aromatic N) is 1. The van der Waals surface area contributed by atoms with Crippen LogP contribution in [0.4, 0.5) is 0 Å². The Labute approximate surface area is 103 Å². The van der Waals surface area contributed by atoms with Crippen LogP contribution >= 0.6 is 0 Å². The summed E-state index contributed by atoms with van der Waals surface area (Å²) in [6.07, 6.45) is 2.36. The zero-order chi connectivity index (χ0) is 12.3. The number of hydrogen-bond acceptors (Lipinski definition) is 3. The van der Waals surface area contributed by atoms with E-state index in [9.17, 15) is 4.79 Å². The van der Waals surface area contributed by atoms with Crippen LogP contribution in [0.15, 0.2) is 11.1 Å². The van der Waals surface area contributed by atoms with E-state index in [-0.39, 0.29) is 12.0 Å². The van der Waals surface area contributed by atoms with Crippen LogP contribution in [0.2, 0.25) is 0 Å². The maximum atomic E-state index is 12.3. The van der Waals surface area contributed by atoms with E-state index in [1.54, 1.807) is 0 Å². The van der Waals surface area contributed by atoms with Gasteiger partial charge < -0.3 is 15.0 Å². The normalized spacial score (nSPS) is 24.5. The van der Waals surface area contributed by atoms with Crippen molar-refractivity contribution in [3.63, 3.8) is 0 Å². The molecule has 0 aromatic rings. The minimum atomic E-state index is 0.200. The predicted octanol–water partition coefficient (Wildman–Crippen LogP) is 0.934. The molecule has 0 aromatic heterocycles. The zero-order valence-electron chi connectivity index (χ0n) is 10.8. The van der Waals surface area contributed by atoms with E-state index in [2.05, 4.69) is 5.32 Å². The van der Waals surface area contributed by atoms with Crippen molar-refractivity contribution in [3.05, 3.63) is 11.1 Å². The molecular weight excluding hydrogens is 216 g/mol. The van der Waals surface area contributed by atoms with Crippen LogP contribution in [0.1, 0.15) is 26.7 Å². The van der Waals surface area contributed by atoms with Gasteiger partial charge in [-0.25, -0.2) is 0 Å². The van der Waals surface area contributed by atoms with Crippen molar-refractivity contribution in [2.24, 2.45) is 0 Å². The van der Waals surface area contributed by atoms with Gasteiger partial charge in [0.25, 0.3) is 0 Å². The lowest BCUT2D eigenvalue weighted by Gasteiger charge is -2.34. The molecule has 1 N–H and O–H groups in total. The number of likely N-dealkylation sites (tertiary alicyclic amines) is 1. The summed E-state index contributed by atoms with van der Waals surface area (Å²) < 4.78 is 5.62. The molecular formula is C13H22N2O2. The van der Waals surface area contributed by atoms with E-state index in [4.69, 9.17) is 4.74 Å². The van der Waals surface area contributed by atoms with Crippen LogP contribution < -0.4 is 5.32 Å². The van der Waals surface area contributed by atoms with Crippen molar-refractivity contribution in [1.29, 1.82) is 0 Å². The van der Waals surface area contributed by atoms with Gasteiger partial charge in [0.1, 0.15) is 0 Å². The van der Waals surface area contributed by atoms with Crippen molar-refractivity contribution >= 4 is 5.91 Å². The van der Waals surface area contributed by atoms with Gasteiger partial charge >= 0.3 is 0 Å². The summed E-state index contributed by atoms with van der Waals surface area (Å²) in [5.41, 5.74) is 2.19. The largest absolute Gasteiger partial charge is 0.377 e. The fourth-order valence-electron chi connectivity index (χ4n) is 2.40. The van der Waals surface area contributed by atoms with Gasteiger partial charge in [0.2, 0.25) is 5.91 Å². The third kappa shape index (κ3) is 2.87. The summed E-state index contributed by atoms with van der Waals surface area (Å²) in [4.78, 5) is 14.2. The Bertz CT molecular complexity index is 317. The van der Waals surface area contributed by atoms with Crippen LogP contribution in [-0.2, 0) is 9.53 Å². The van der Waals surface area contributed by atoms with Crippen LogP contribution in [0, 0.1) is 0 Å². The average molecular weight is 238 g/mol. The molecule has 96 valence electrons. The number of carbonyl (C=O) groups excluding carboxylic acids is 1. The first-order chi connectivity index (χ1) is 8.22. The van der Waals surface area contributed by atoms with E-state index < -0.39 is 0 Å². The molecule has 0 aliphatic carbocycles.